The zero-order valence-electron chi connectivity index (χ0n) is 17.7. The molecule has 0 radical (unpaired) electrons. The highest BCUT2D eigenvalue weighted by Crippen LogP contribution is 2.51. The van der Waals surface area contributed by atoms with Crippen molar-refractivity contribution in [1.29, 1.82) is 0 Å². The smallest absolute Gasteiger partial charge is 0.208 e. The van der Waals surface area contributed by atoms with Gasteiger partial charge in [0.1, 0.15) is 0 Å². The monoisotopic (exact) mass is 426 g/mol. The molecule has 0 aliphatic carbocycles. The van der Waals surface area contributed by atoms with E-state index < -0.39 is 33.4 Å². The maximum atomic E-state index is 11.6. The van der Waals surface area contributed by atoms with Crippen molar-refractivity contribution in [3.63, 3.8) is 0 Å². The third-order valence-corrected chi connectivity index (χ3v) is 7.30. The first kappa shape index (κ1) is 22.7. The molecule has 1 aromatic carbocycles. The van der Waals surface area contributed by atoms with Gasteiger partial charge in [-0.1, -0.05) is 30.3 Å². The SMILES string of the molecule is CN(C)[C@@H]1CC[C@@]2([C@H](O)CNS(C)(=O)=O)C[C@H](c3ccccc3)C[C@](C)(O2)[C@H]1O. The van der Waals surface area contributed by atoms with E-state index in [9.17, 15) is 18.6 Å². The summed E-state index contributed by atoms with van der Waals surface area (Å²) in [5.41, 5.74) is -0.641. The predicted octanol–water partition coefficient (Wildman–Crippen LogP) is 1.07. The second kappa shape index (κ2) is 8.24. The number of nitrogens with one attached hydrogen (secondary N) is 1. The molecule has 2 bridgehead atoms. The number of aliphatic hydroxyl groups is 2. The highest BCUT2D eigenvalue weighted by molar-refractivity contribution is 7.88. The van der Waals surface area contributed by atoms with Crippen LogP contribution in [0.2, 0.25) is 0 Å². The molecule has 3 N–H and O–H groups in total. The molecule has 1 aromatic rings. The van der Waals surface area contributed by atoms with E-state index in [1.165, 1.54) is 0 Å². The number of likely N-dealkylation sites (N-methyl/N-ethyl adjacent to an activating group) is 1. The molecule has 0 amide bonds. The first-order valence-electron chi connectivity index (χ1n) is 10.2. The van der Waals surface area contributed by atoms with Crippen LogP contribution in [0.3, 0.4) is 0 Å². The van der Waals surface area contributed by atoms with Crippen LogP contribution < -0.4 is 4.72 Å². The molecule has 2 fully saturated rings. The van der Waals surface area contributed by atoms with Gasteiger partial charge < -0.3 is 19.8 Å². The zero-order valence-corrected chi connectivity index (χ0v) is 18.5. The van der Waals surface area contributed by atoms with Crippen LogP contribution >= 0.6 is 0 Å². The fourth-order valence-electron chi connectivity index (χ4n) is 5.11. The van der Waals surface area contributed by atoms with E-state index in [0.717, 1.165) is 11.8 Å². The van der Waals surface area contributed by atoms with E-state index in [-0.39, 0.29) is 18.5 Å². The summed E-state index contributed by atoms with van der Waals surface area (Å²) in [6, 6.07) is 9.97. The number of hydrogen-bond acceptors (Lipinski definition) is 6. The van der Waals surface area contributed by atoms with Crippen LogP contribution in [0.5, 0.6) is 0 Å². The third kappa shape index (κ3) is 4.84. The number of rotatable bonds is 6. The van der Waals surface area contributed by atoms with Gasteiger partial charge in [0.05, 0.1) is 29.7 Å². The van der Waals surface area contributed by atoms with E-state index in [2.05, 4.69) is 16.9 Å². The van der Waals surface area contributed by atoms with Crippen LogP contribution in [0.15, 0.2) is 30.3 Å². The molecule has 3 rings (SSSR count). The van der Waals surface area contributed by atoms with Gasteiger partial charge in [-0.15, -0.1) is 0 Å². The van der Waals surface area contributed by atoms with Crippen molar-refractivity contribution in [2.24, 2.45) is 0 Å². The maximum absolute atomic E-state index is 11.6. The van der Waals surface area contributed by atoms with E-state index in [1.54, 1.807) is 0 Å². The Labute approximate surface area is 174 Å². The third-order valence-electron chi connectivity index (χ3n) is 6.61. The lowest BCUT2D eigenvalue weighted by Crippen LogP contribution is -2.61. The number of ether oxygens (including phenoxy) is 1. The minimum absolute atomic E-state index is 0.0957. The molecular formula is C21H34N2O5S. The van der Waals surface area contributed by atoms with Crippen LogP contribution in [0.4, 0.5) is 0 Å². The molecule has 8 heteroatoms. The molecule has 0 unspecified atom stereocenters. The lowest BCUT2D eigenvalue weighted by Gasteiger charge is -2.52. The van der Waals surface area contributed by atoms with Gasteiger partial charge in [0.25, 0.3) is 0 Å². The highest BCUT2D eigenvalue weighted by atomic mass is 32.2. The number of sulfonamides is 1. The van der Waals surface area contributed by atoms with Crippen LogP contribution in [0.1, 0.15) is 44.1 Å². The average Bonchev–Trinajstić information content (AvgIpc) is 2.72. The number of nitrogens with zero attached hydrogens (tertiary/aromatic N) is 1. The van der Waals surface area contributed by atoms with Gasteiger partial charge in [0.15, 0.2) is 0 Å². The summed E-state index contributed by atoms with van der Waals surface area (Å²) in [6.45, 7) is 1.80. The summed E-state index contributed by atoms with van der Waals surface area (Å²) in [6.07, 6.45) is 1.74. The van der Waals surface area contributed by atoms with Crippen LogP contribution in [0.25, 0.3) is 0 Å². The van der Waals surface area contributed by atoms with Gasteiger partial charge in [-0.2, -0.15) is 0 Å². The lowest BCUT2D eigenvalue weighted by atomic mass is 9.72. The van der Waals surface area contributed by atoms with E-state index in [1.807, 2.05) is 44.1 Å². The largest absolute Gasteiger partial charge is 0.389 e. The molecule has 29 heavy (non-hydrogen) atoms. The summed E-state index contributed by atoms with van der Waals surface area (Å²) in [7, 11) is 0.443. The molecule has 7 nitrogen and oxygen atoms in total. The van der Waals surface area contributed by atoms with Gasteiger partial charge in [-0.05, 0) is 58.2 Å². The lowest BCUT2D eigenvalue weighted by molar-refractivity contribution is -0.250. The first-order chi connectivity index (χ1) is 13.5. The second-order valence-corrected chi connectivity index (χ2v) is 11.0. The Morgan fingerprint density at radius 1 is 1.28 bits per heavy atom. The minimum Gasteiger partial charge on any atom is -0.389 e. The van der Waals surface area contributed by atoms with Crippen LogP contribution in [-0.2, 0) is 14.8 Å². The summed E-state index contributed by atoms with van der Waals surface area (Å²) >= 11 is 0. The molecule has 0 aromatic heterocycles. The van der Waals surface area contributed by atoms with Gasteiger partial charge in [-0.3, -0.25) is 0 Å². The van der Waals surface area contributed by atoms with Crippen LogP contribution in [-0.4, -0.2) is 79.9 Å². The van der Waals surface area contributed by atoms with Crippen molar-refractivity contribution in [2.75, 3.05) is 26.9 Å². The van der Waals surface area contributed by atoms with Crippen molar-refractivity contribution in [2.45, 2.75) is 68.0 Å². The average molecular weight is 427 g/mol. The normalized spacial score (nSPS) is 36.6. The van der Waals surface area contributed by atoms with E-state index in [0.29, 0.717) is 25.7 Å². The molecule has 2 saturated heterocycles. The number of fused-ring (bicyclic) bond motifs is 2. The van der Waals surface area contributed by atoms with Gasteiger partial charge in [0, 0.05) is 12.6 Å². The Morgan fingerprint density at radius 3 is 2.52 bits per heavy atom. The van der Waals surface area contributed by atoms with E-state index in [4.69, 9.17) is 4.74 Å². The Balaban J connectivity index is 1.99. The zero-order chi connectivity index (χ0) is 21.4. The second-order valence-electron chi connectivity index (χ2n) is 9.15. The highest BCUT2D eigenvalue weighted by Gasteiger charge is 2.57. The summed E-state index contributed by atoms with van der Waals surface area (Å²) in [4.78, 5) is 2.01. The maximum Gasteiger partial charge on any atom is 0.208 e. The molecule has 6 atom stereocenters. The molecule has 2 aliphatic heterocycles. The molecule has 2 heterocycles. The Hall–Kier alpha value is -1.03. The van der Waals surface area contributed by atoms with E-state index >= 15 is 0 Å². The topological polar surface area (TPSA) is 99.1 Å². The summed E-state index contributed by atoms with van der Waals surface area (Å²) < 4.78 is 32.1. The molecule has 0 saturated carbocycles. The molecule has 0 spiro atoms. The Bertz CT molecular complexity index is 803. The first-order valence-corrected chi connectivity index (χ1v) is 12.1. The van der Waals surface area contributed by atoms with Gasteiger partial charge >= 0.3 is 0 Å². The van der Waals surface area contributed by atoms with Crippen molar-refractivity contribution >= 4 is 10.0 Å². The number of benzene rings is 1. The summed E-state index contributed by atoms with van der Waals surface area (Å²) in [5, 5.41) is 22.4. The Morgan fingerprint density at radius 2 is 1.93 bits per heavy atom. The number of aliphatic hydroxyl groups excluding tert-OH is 2. The molecule has 164 valence electrons. The standard InChI is InChI=1S/C21H34N2O5S/c1-20-12-16(15-8-6-5-7-9-15)13-21(28-20,18(24)14-22-29(4,26)27)11-10-17(19(20)25)23(2)3/h5-9,16-19,22,24-25H,10-14H2,1-4H3/t16-,17-,18-,19+,20+,21+/m1/s1. The van der Waals surface area contributed by atoms with Crippen molar-refractivity contribution in [3.8, 4) is 0 Å². The fourth-order valence-corrected chi connectivity index (χ4v) is 5.57. The van der Waals surface area contributed by atoms with Crippen molar-refractivity contribution in [3.05, 3.63) is 35.9 Å². The quantitative estimate of drug-likeness (QED) is 0.629. The minimum atomic E-state index is -3.44. The Kier molecular flexibility index (Phi) is 6.44. The summed E-state index contributed by atoms with van der Waals surface area (Å²) in [5.74, 6) is 0.0957. The van der Waals surface area contributed by atoms with Crippen molar-refractivity contribution < 1.29 is 23.4 Å². The molecule has 2 aliphatic rings. The predicted molar refractivity (Wildman–Crippen MR) is 112 cm³/mol. The van der Waals surface area contributed by atoms with Crippen LogP contribution in [0, 0.1) is 0 Å². The van der Waals surface area contributed by atoms with Gasteiger partial charge in [-0.25, -0.2) is 13.1 Å². The molecular weight excluding hydrogens is 392 g/mol. The van der Waals surface area contributed by atoms with Gasteiger partial charge in [0.2, 0.25) is 10.0 Å². The number of hydrogen-bond donors (Lipinski definition) is 3. The fraction of sp³-hybridized carbons (Fsp3) is 0.714. The van der Waals surface area contributed by atoms with Crippen molar-refractivity contribution in [1.82, 2.24) is 9.62 Å².